The van der Waals surface area contributed by atoms with Gasteiger partial charge in [-0.25, -0.2) is 8.42 Å². The number of aromatic nitrogens is 1. The summed E-state index contributed by atoms with van der Waals surface area (Å²) in [4.78, 5) is 0.389. The number of hydrogen-bond donors (Lipinski definition) is 1. The van der Waals surface area contributed by atoms with Crippen LogP contribution in [0.3, 0.4) is 0 Å². The minimum Gasteiger partial charge on any atom is -0.349 e. The minimum atomic E-state index is -3.42. The van der Waals surface area contributed by atoms with Crippen LogP contribution in [0.4, 0.5) is 0 Å². The van der Waals surface area contributed by atoms with Crippen molar-refractivity contribution in [2.75, 3.05) is 6.54 Å². The Morgan fingerprint density at radius 3 is 2.29 bits per heavy atom. The molecule has 0 unspecified atom stereocenters. The van der Waals surface area contributed by atoms with Gasteiger partial charge in [0, 0.05) is 43.6 Å². The monoisotopic (exact) mass is 315 g/mol. The van der Waals surface area contributed by atoms with Gasteiger partial charge in [0.1, 0.15) is 4.90 Å². The largest absolute Gasteiger partial charge is 0.349 e. The van der Waals surface area contributed by atoms with Crippen LogP contribution in [-0.4, -0.2) is 35.9 Å². The Morgan fingerprint density at radius 2 is 1.86 bits per heavy atom. The van der Waals surface area contributed by atoms with Crippen molar-refractivity contribution in [3.63, 3.8) is 0 Å². The number of aryl methyl sites for hydroxylation is 1. The first-order chi connectivity index (χ1) is 9.73. The van der Waals surface area contributed by atoms with Crippen LogP contribution in [0.25, 0.3) is 0 Å². The highest BCUT2D eigenvalue weighted by atomic mass is 32.2. The Hall–Kier alpha value is -0.850. The van der Waals surface area contributed by atoms with Gasteiger partial charge in [-0.05, 0) is 26.8 Å². The van der Waals surface area contributed by atoms with Crippen LogP contribution in [0.2, 0.25) is 0 Å². The zero-order valence-electron chi connectivity index (χ0n) is 14.0. The summed E-state index contributed by atoms with van der Waals surface area (Å²) in [7, 11) is -3.42. The Morgan fingerprint density at radius 1 is 1.24 bits per heavy atom. The summed E-state index contributed by atoms with van der Waals surface area (Å²) in [5.41, 5.74) is 1.00. The molecule has 1 aromatic rings. The molecule has 0 aliphatic carbocycles. The van der Waals surface area contributed by atoms with Crippen molar-refractivity contribution in [3.05, 3.63) is 18.0 Å². The predicted octanol–water partition coefficient (Wildman–Crippen LogP) is 2.42. The van der Waals surface area contributed by atoms with E-state index in [-0.39, 0.29) is 6.04 Å². The maximum absolute atomic E-state index is 12.7. The standard InChI is InChI=1S/C15H29N3O2S/c1-7-17-11-15(9-14(17)10-16-12(3)4)21(19,20)18(8-2)13(5)6/h9,11-13,16H,7-8,10H2,1-6H3. The zero-order valence-corrected chi connectivity index (χ0v) is 14.9. The summed E-state index contributed by atoms with van der Waals surface area (Å²) in [6.07, 6.45) is 1.75. The highest BCUT2D eigenvalue weighted by molar-refractivity contribution is 7.89. The molecule has 0 aliphatic heterocycles. The summed E-state index contributed by atoms with van der Waals surface area (Å²) < 4.78 is 29.0. The first kappa shape index (κ1) is 18.2. The summed E-state index contributed by atoms with van der Waals surface area (Å²) in [6.45, 7) is 13.8. The molecule has 0 aromatic carbocycles. The van der Waals surface area contributed by atoms with Crippen LogP contribution >= 0.6 is 0 Å². The molecule has 0 saturated carbocycles. The van der Waals surface area contributed by atoms with E-state index in [1.165, 1.54) is 4.31 Å². The Labute approximate surface area is 129 Å². The average molecular weight is 315 g/mol. The van der Waals surface area contributed by atoms with Crippen molar-refractivity contribution in [1.29, 1.82) is 0 Å². The molecule has 1 N–H and O–H groups in total. The van der Waals surface area contributed by atoms with Crippen LogP contribution in [0, 0.1) is 0 Å². The molecular formula is C15H29N3O2S. The lowest BCUT2D eigenvalue weighted by Gasteiger charge is -2.23. The zero-order chi connectivity index (χ0) is 16.2. The Balaban J connectivity index is 3.13. The molecule has 0 radical (unpaired) electrons. The third-order valence-corrected chi connectivity index (χ3v) is 5.60. The van der Waals surface area contributed by atoms with Crippen molar-refractivity contribution in [3.8, 4) is 0 Å². The Kier molecular flexibility index (Phi) is 6.43. The van der Waals surface area contributed by atoms with E-state index in [1.54, 1.807) is 12.3 Å². The fourth-order valence-corrected chi connectivity index (χ4v) is 4.08. The number of nitrogens with one attached hydrogen (secondary N) is 1. The summed E-state index contributed by atoms with van der Waals surface area (Å²) in [6, 6.07) is 2.12. The fraction of sp³-hybridized carbons (Fsp3) is 0.733. The molecule has 1 aromatic heterocycles. The fourth-order valence-electron chi connectivity index (χ4n) is 2.37. The van der Waals surface area contributed by atoms with Gasteiger partial charge in [-0.2, -0.15) is 4.31 Å². The first-order valence-corrected chi connectivity index (χ1v) is 9.12. The van der Waals surface area contributed by atoms with Crippen molar-refractivity contribution >= 4 is 10.0 Å². The van der Waals surface area contributed by atoms with Crippen LogP contribution in [0.15, 0.2) is 17.2 Å². The SMILES string of the molecule is CCN(C(C)C)S(=O)(=O)c1cc(CNC(C)C)n(CC)c1. The van der Waals surface area contributed by atoms with Gasteiger partial charge in [-0.3, -0.25) is 0 Å². The molecule has 0 spiro atoms. The third-order valence-electron chi connectivity index (χ3n) is 3.49. The van der Waals surface area contributed by atoms with E-state index in [0.717, 1.165) is 12.2 Å². The molecule has 1 rings (SSSR count). The minimum absolute atomic E-state index is 0.0396. The molecule has 0 amide bonds. The number of sulfonamides is 1. The summed E-state index contributed by atoms with van der Waals surface area (Å²) in [5, 5.41) is 3.34. The second kappa shape index (κ2) is 7.42. The van der Waals surface area contributed by atoms with Gasteiger partial charge in [0.05, 0.1) is 0 Å². The molecule has 0 fully saturated rings. The second-order valence-corrected chi connectivity index (χ2v) is 7.68. The highest BCUT2D eigenvalue weighted by Gasteiger charge is 2.27. The van der Waals surface area contributed by atoms with E-state index in [0.29, 0.717) is 24.0 Å². The lowest BCUT2D eigenvalue weighted by Crippen LogP contribution is -2.36. The van der Waals surface area contributed by atoms with Crippen molar-refractivity contribution in [2.24, 2.45) is 0 Å². The highest BCUT2D eigenvalue weighted by Crippen LogP contribution is 2.21. The van der Waals surface area contributed by atoms with E-state index in [4.69, 9.17) is 0 Å². The average Bonchev–Trinajstić information content (AvgIpc) is 2.80. The molecule has 5 nitrogen and oxygen atoms in total. The Bertz CT molecular complexity index is 547. The van der Waals surface area contributed by atoms with Gasteiger partial charge in [0.25, 0.3) is 0 Å². The van der Waals surface area contributed by atoms with Gasteiger partial charge in [-0.15, -0.1) is 0 Å². The number of nitrogens with zero attached hydrogens (tertiary/aromatic N) is 2. The first-order valence-electron chi connectivity index (χ1n) is 7.68. The normalized spacial score (nSPS) is 12.8. The lowest BCUT2D eigenvalue weighted by atomic mass is 10.3. The smallest absolute Gasteiger partial charge is 0.244 e. The third kappa shape index (κ3) is 4.31. The summed E-state index contributed by atoms with van der Waals surface area (Å²) >= 11 is 0. The van der Waals surface area contributed by atoms with Gasteiger partial charge in [-0.1, -0.05) is 20.8 Å². The summed E-state index contributed by atoms with van der Waals surface area (Å²) in [5.74, 6) is 0. The van der Waals surface area contributed by atoms with E-state index in [1.807, 2.05) is 32.3 Å². The van der Waals surface area contributed by atoms with Gasteiger partial charge >= 0.3 is 0 Å². The van der Waals surface area contributed by atoms with Crippen molar-refractivity contribution in [1.82, 2.24) is 14.2 Å². The molecule has 0 bridgehead atoms. The van der Waals surface area contributed by atoms with Gasteiger partial charge < -0.3 is 9.88 Å². The molecule has 0 atom stereocenters. The van der Waals surface area contributed by atoms with Gasteiger partial charge in [0.15, 0.2) is 0 Å². The van der Waals surface area contributed by atoms with E-state index >= 15 is 0 Å². The molecule has 21 heavy (non-hydrogen) atoms. The second-order valence-electron chi connectivity index (χ2n) is 5.79. The van der Waals surface area contributed by atoms with Crippen LogP contribution in [-0.2, 0) is 23.1 Å². The molecule has 1 heterocycles. The lowest BCUT2D eigenvalue weighted by molar-refractivity contribution is 0.369. The van der Waals surface area contributed by atoms with E-state index in [2.05, 4.69) is 19.2 Å². The van der Waals surface area contributed by atoms with E-state index < -0.39 is 10.0 Å². The molecule has 0 aliphatic rings. The van der Waals surface area contributed by atoms with Crippen molar-refractivity contribution in [2.45, 2.75) is 71.6 Å². The maximum Gasteiger partial charge on any atom is 0.244 e. The quantitative estimate of drug-likeness (QED) is 0.801. The topological polar surface area (TPSA) is 54.3 Å². The van der Waals surface area contributed by atoms with Crippen molar-refractivity contribution < 1.29 is 8.42 Å². The molecule has 6 heteroatoms. The number of hydrogen-bond acceptors (Lipinski definition) is 3. The van der Waals surface area contributed by atoms with E-state index in [9.17, 15) is 8.42 Å². The predicted molar refractivity (Wildman–Crippen MR) is 86.8 cm³/mol. The van der Waals surface area contributed by atoms with Crippen LogP contribution in [0.5, 0.6) is 0 Å². The number of rotatable bonds is 8. The molecule has 122 valence electrons. The van der Waals surface area contributed by atoms with Gasteiger partial charge in [0.2, 0.25) is 10.0 Å². The maximum atomic E-state index is 12.7. The van der Waals surface area contributed by atoms with Crippen LogP contribution in [0.1, 0.15) is 47.2 Å². The molecular weight excluding hydrogens is 286 g/mol. The van der Waals surface area contributed by atoms with Crippen LogP contribution < -0.4 is 5.32 Å². The molecule has 0 saturated heterocycles.